The Morgan fingerprint density at radius 3 is 2.67 bits per heavy atom. The van der Waals surface area contributed by atoms with E-state index < -0.39 is 10.0 Å². The lowest BCUT2D eigenvalue weighted by Crippen LogP contribution is -2.63. The fraction of sp³-hybridized carbons (Fsp3) is 0.550. The van der Waals surface area contributed by atoms with E-state index >= 15 is 0 Å². The maximum atomic E-state index is 12.4. The van der Waals surface area contributed by atoms with Crippen molar-refractivity contribution in [3.8, 4) is 0 Å². The summed E-state index contributed by atoms with van der Waals surface area (Å²) in [5, 5.41) is 6.82. The molecule has 0 unspecified atom stereocenters. The van der Waals surface area contributed by atoms with Gasteiger partial charge in [-0.15, -0.1) is 0 Å². The number of sulfonamides is 1. The Balaban J connectivity index is 1.55. The summed E-state index contributed by atoms with van der Waals surface area (Å²) >= 11 is 0. The molecule has 2 aromatic rings. The molecule has 0 spiro atoms. The van der Waals surface area contributed by atoms with Gasteiger partial charge in [0.05, 0.1) is 12.3 Å². The van der Waals surface area contributed by atoms with E-state index in [2.05, 4.69) is 29.3 Å². The third-order valence-electron chi connectivity index (χ3n) is 5.02. The second-order valence-corrected chi connectivity index (χ2v) is 10.1. The van der Waals surface area contributed by atoms with Crippen LogP contribution in [0.2, 0.25) is 0 Å². The van der Waals surface area contributed by atoms with Crippen molar-refractivity contribution in [2.75, 3.05) is 31.2 Å². The number of anilines is 1. The second kappa shape index (κ2) is 9.13. The van der Waals surface area contributed by atoms with Crippen LogP contribution >= 0.6 is 0 Å². The number of nitrogens with one attached hydrogen (secondary N) is 1. The maximum Gasteiger partial charge on any atom is 0.321 e. The summed E-state index contributed by atoms with van der Waals surface area (Å²) in [5.41, 5.74) is 1.72. The summed E-state index contributed by atoms with van der Waals surface area (Å²) in [6, 6.07) is 7.03. The second-order valence-electron chi connectivity index (χ2n) is 8.13. The van der Waals surface area contributed by atoms with Gasteiger partial charge in [0.15, 0.2) is 5.82 Å². The number of nitrogens with zero attached hydrogens (tertiary/aromatic N) is 4. The molecule has 164 valence electrons. The van der Waals surface area contributed by atoms with Crippen molar-refractivity contribution in [1.82, 2.24) is 19.3 Å². The Morgan fingerprint density at radius 2 is 2.03 bits per heavy atom. The molecule has 30 heavy (non-hydrogen) atoms. The minimum atomic E-state index is -3.43. The van der Waals surface area contributed by atoms with Crippen LogP contribution in [0.15, 0.2) is 28.8 Å². The molecule has 1 N–H and O–H groups in total. The normalized spacial score (nSPS) is 14.9. The third kappa shape index (κ3) is 5.57. The summed E-state index contributed by atoms with van der Waals surface area (Å²) in [6.07, 6.45) is 2.24. The first-order valence-corrected chi connectivity index (χ1v) is 11.9. The third-order valence-corrected chi connectivity index (χ3v) is 6.35. The Morgan fingerprint density at radius 1 is 1.33 bits per heavy atom. The number of para-hydroxylation sites is 1. The maximum absolute atomic E-state index is 12.4. The minimum absolute atomic E-state index is 0.231. The van der Waals surface area contributed by atoms with Gasteiger partial charge >= 0.3 is 6.03 Å². The van der Waals surface area contributed by atoms with E-state index in [0.29, 0.717) is 43.6 Å². The first-order valence-electron chi connectivity index (χ1n) is 10.0. The van der Waals surface area contributed by atoms with Gasteiger partial charge in [0.2, 0.25) is 15.9 Å². The molecular weight excluding hydrogens is 406 g/mol. The average molecular weight is 436 g/mol. The van der Waals surface area contributed by atoms with Gasteiger partial charge in [0.1, 0.15) is 0 Å². The van der Waals surface area contributed by atoms with E-state index in [9.17, 15) is 13.2 Å². The zero-order valence-corrected chi connectivity index (χ0v) is 18.6. The largest absolute Gasteiger partial charge is 0.339 e. The molecule has 1 aliphatic rings. The van der Waals surface area contributed by atoms with E-state index in [-0.39, 0.29) is 18.6 Å². The van der Waals surface area contributed by atoms with Crippen LogP contribution in [0.25, 0.3) is 0 Å². The van der Waals surface area contributed by atoms with E-state index in [1.165, 1.54) is 10.6 Å². The van der Waals surface area contributed by atoms with Gasteiger partial charge in [-0.05, 0) is 24.5 Å². The molecule has 1 fully saturated rings. The molecule has 0 aliphatic carbocycles. The Labute approximate surface area is 177 Å². The van der Waals surface area contributed by atoms with Crippen LogP contribution in [-0.2, 0) is 22.9 Å². The Kier molecular flexibility index (Phi) is 6.77. The average Bonchev–Trinajstić information content (AvgIpc) is 3.04. The molecule has 1 aliphatic heterocycles. The van der Waals surface area contributed by atoms with Gasteiger partial charge in [0.25, 0.3) is 0 Å². The molecule has 3 rings (SSSR count). The Bertz CT molecular complexity index is 983. The van der Waals surface area contributed by atoms with E-state index in [1.54, 1.807) is 4.90 Å². The summed E-state index contributed by atoms with van der Waals surface area (Å²) in [5.74, 6) is 1.46. The Hall–Kier alpha value is -2.46. The van der Waals surface area contributed by atoms with Gasteiger partial charge in [0, 0.05) is 38.2 Å². The summed E-state index contributed by atoms with van der Waals surface area (Å²) in [7, 11) is -3.43. The van der Waals surface area contributed by atoms with Crippen LogP contribution in [0.1, 0.15) is 31.1 Å². The highest BCUT2D eigenvalue weighted by Crippen LogP contribution is 2.21. The number of aryl methyl sites for hydroxylation is 1. The molecule has 0 bridgehead atoms. The molecule has 2 heterocycles. The van der Waals surface area contributed by atoms with Crippen molar-refractivity contribution >= 4 is 21.7 Å². The molecule has 1 aromatic heterocycles. The highest BCUT2D eigenvalue weighted by molar-refractivity contribution is 7.88. The monoisotopic (exact) mass is 435 g/mol. The van der Waals surface area contributed by atoms with Gasteiger partial charge in [-0.2, -0.15) is 9.29 Å². The first-order chi connectivity index (χ1) is 14.1. The number of carbonyl (C=O) groups excluding carboxylic acids is 1. The number of rotatable bonds is 8. The fourth-order valence-corrected chi connectivity index (χ4v) is 4.46. The highest BCUT2D eigenvalue weighted by Gasteiger charge is 2.38. The summed E-state index contributed by atoms with van der Waals surface area (Å²) < 4.78 is 31.2. The summed E-state index contributed by atoms with van der Waals surface area (Å²) in [4.78, 5) is 18.4. The van der Waals surface area contributed by atoms with Crippen molar-refractivity contribution in [3.05, 3.63) is 41.5 Å². The van der Waals surface area contributed by atoms with Gasteiger partial charge in [-0.25, -0.2) is 13.2 Å². The van der Waals surface area contributed by atoms with Crippen LogP contribution in [-0.4, -0.2) is 65.7 Å². The molecular formula is C20H29N5O4S. The molecule has 0 atom stereocenters. The van der Waals surface area contributed by atoms with Crippen LogP contribution in [0.4, 0.5) is 10.5 Å². The zero-order chi connectivity index (χ0) is 21.9. The topological polar surface area (TPSA) is 109 Å². The lowest BCUT2D eigenvalue weighted by Gasteiger charge is -2.44. The number of aromatic nitrogens is 2. The van der Waals surface area contributed by atoms with E-state index in [1.807, 2.05) is 31.2 Å². The van der Waals surface area contributed by atoms with Crippen LogP contribution in [0.5, 0.6) is 0 Å². The molecule has 0 radical (unpaired) electrons. The van der Waals surface area contributed by atoms with Crippen molar-refractivity contribution in [2.45, 2.75) is 39.7 Å². The number of hydrogen-bond donors (Lipinski definition) is 1. The smallest absolute Gasteiger partial charge is 0.321 e. The lowest BCUT2D eigenvalue weighted by atomic mass is 10.1. The van der Waals surface area contributed by atoms with Gasteiger partial charge in [-0.1, -0.05) is 37.2 Å². The van der Waals surface area contributed by atoms with E-state index in [0.717, 1.165) is 11.3 Å². The molecule has 0 saturated carbocycles. The number of hydrogen-bond acceptors (Lipinski definition) is 6. The number of benzene rings is 1. The number of likely N-dealkylation sites (tertiary alicyclic amines) is 1. The minimum Gasteiger partial charge on any atom is -0.339 e. The predicted octanol–water partition coefficient (Wildman–Crippen LogP) is 2.30. The molecule has 1 aromatic carbocycles. The van der Waals surface area contributed by atoms with Crippen molar-refractivity contribution in [1.29, 1.82) is 0 Å². The van der Waals surface area contributed by atoms with E-state index in [4.69, 9.17) is 4.52 Å². The quantitative estimate of drug-likeness (QED) is 0.681. The SMILES string of the molecule is Cc1ccccc1NC(=O)N1CC(N(CCc2noc(CC(C)C)n2)S(C)(=O)=O)C1. The van der Waals surface area contributed by atoms with Gasteiger partial charge < -0.3 is 14.7 Å². The van der Waals surface area contributed by atoms with Crippen molar-refractivity contribution < 1.29 is 17.7 Å². The highest BCUT2D eigenvalue weighted by atomic mass is 32.2. The lowest BCUT2D eigenvalue weighted by molar-refractivity contribution is 0.109. The van der Waals surface area contributed by atoms with Crippen LogP contribution < -0.4 is 5.32 Å². The zero-order valence-electron chi connectivity index (χ0n) is 17.8. The molecule has 10 heteroatoms. The molecule has 2 amide bonds. The predicted molar refractivity (Wildman–Crippen MR) is 114 cm³/mol. The number of carbonyl (C=O) groups is 1. The van der Waals surface area contributed by atoms with Crippen molar-refractivity contribution in [3.63, 3.8) is 0 Å². The standard InChI is InChI=1S/C20H29N5O4S/c1-14(2)11-19-22-18(23-29-19)9-10-25(30(4,27)28)16-12-24(13-16)20(26)21-17-8-6-5-7-15(17)3/h5-8,14,16H,9-13H2,1-4H3,(H,21,26). The fourth-order valence-electron chi connectivity index (χ4n) is 3.36. The summed E-state index contributed by atoms with van der Waals surface area (Å²) in [6.45, 7) is 6.98. The van der Waals surface area contributed by atoms with Gasteiger partial charge in [-0.3, -0.25) is 0 Å². The van der Waals surface area contributed by atoms with Crippen LogP contribution in [0, 0.1) is 12.8 Å². The van der Waals surface area contributed by atoms with Crippen molar-refractivity contribution in [2.24, 2.45) is 5.92 Å². The van der Waals surface area contributed by atoms with Crippen LogP contribution in [0.3, 0.4) is 0 Å². The first kappa shape index (κ1) is 22.2. The number of urea groups is 1. The number of amides is 2. The molecule has 1 saturated heterocycles. The molecule has 9 nitrogen and oxygen atoms in total.